The zero-order chi connectivity index (χ0) is 21.4. The van der Waals surface area contributed by atoms with Crippen LogP contribution in [-0.4, -0.2) is 22.8 Å². The van der Waals surface area contributed by atoms with Crippen molar-refractivity contribution in [3.05, 3.63) is 75.8 Å². The summed E-state index contributed by atoms with van der Waals surface area (Å²) in [4.78, 5) is 23.9. The van der Waals surface area contributed by atoms with Crippen molar-refractivity contribution in [2.75, 3.05) is 0 Å². The maximum Gasteiger partial charge on any atom is 0.308 e. The van der Waals surface area contributed by atoms with Crippen molar-refractivity contribution in [2.45, 2.75) is 20.1 Å². The van der Waals surface area contributed by atoms with E-state index in [1.807, 2.05) is 24.3 Å². The standard InChI is InChI=1S/C22H16Cl2N2O4/c1-12(27)26-22(17-8-7-16(23)11-19(17)24)30-21(25-26)18-9-14-5-3-4-6-15(14)10-20(18)29-13(2)28/h3-11,22H,1-2H3/t22-/m1/s1. The molecule has 1 heterocycles. The molecule has 0 saturated heterocycles. The number of benzene rings is 3. The van der Waals surface area contributed by atoms with Gasteiger partial charge in [-0.15, -0.1) is 5.10 Å². The lowest BCUT2D eigenvalue weighted by Gasteiger charge is -2.20. The Morgan fingerprint density at radius 3 is 2.37 bits per heavy atom. The summed E-state index contributed by atoms with van der Waals surface area (Å²) in [5, 5.41) is 8.13. The second-order valence-corrected chi connectivity index (χ2v) is 7.54. The second kappa shape index (κ2) is 7.97. The molecule has 0 bridgehead atoms. The minimum atomic E-state index is -0.876. The lowest BCUT2D eigenvalue weighted by molar-refractivity contribution is -0.135. The first-order valence-electron chi connectivity index (χ1n) is 9.05. The van der Waals surface area contributed by atoms with Gasteiger partial charge in [-0.2, -0.15) is 5.01 Å². The molecule has 3 aromatic carbocycles. The fraction of sp³-hybridized carbons (Fsp3) is 0.136. The van der Waals surface area contributed by atoms with Crippen molar-refractivity contribution in [2.24, 2.45) is 5.10 Å². The first-order valence-corrected chi connectivity index (χ1v) is 9.80. The van der Waals surface area contributed by atoms with Gasteiger partial charge in [0.25, 0.3) is 0 Å². The Morgan fingerprint density at radius 1 is 1.03 bits per heavy atom. The molecule has 152 valence electrons. The molecule has 1 aliphatic heterocycles. The van der Waals surface area contributed by atoms with E-state index in [4.69, 9.17) is 32.7 Å². The smallest absolute Gasteiger partial charge is 0.308 e. The van der Waals surface area contributed by atoms with Gasteiger partial charge in [-0.3, -0.25) is 9.59 Å². The monoisotopic (exact) mass is 442 g/mol. The highest BCUT2D eigenvalue weighted by Crippen LogP contribution is 2.37. The first-order chi connectivity index (χ1) is 14.3. The predicted molar refractivity (Wildman–Crippen MR) is 115 cm³/mol. The van der Waals surface area contributed by atoms with Crippen LogP contribution in [0.15, 0.2) is 59.7 Å². The average Bonchev–Trinajstić information content (AvgIpc) is 3.12. The summed E-state index contributed by atoms with van der Waals surface area (Å²) < 4.78 is 11.4. The molecule has 3 aromatic rings. The number of rotatable bonds is 3. The van der Waals surface area contributed by atoms with Gasteiger partial charge in [0.2, 0.25) is 18.0 Å². The fourth-order valence-corrected chi connectivity index (χ4v) is 3.71. The molecule has 0 aliphatic carbocycles. The van der Waals surface area contributed by atoms with Gasteiger partial charge in [0, 0.05) is 24.4 Å². The number of carbonyl (C=O) groups excluding carboxylic acids is 2. The molecule has 0 unspecified atom stereocenters. The molecule has 0 saturated carbocycles. The molecule has 0 fully saturated rings. The van der Waals surface area contributed by atoms with E-state index in [1.165, 1.54) is 18.9 Å². The van der Waals surface area contributed by atoms with E-state index < -0.39 is 12.2 Å². The third kappa shape index (κ3) is 3.84. The van der Waals surface area contributed by atoms with Crippen molar-refractivity contribution in [3.63, 3.8) is 0 Å². The Hall–Kier alpha value is -3.09. The van der Waals surface area contributed by atoms with Crippen LogP contribution in [0.1, 0.15) is 31.2 Å². The number of fused-ring (bicyclic) bond motifs is 1. The van der Waals surface area contributed by atoms with Crippen LogP contribution < -0.4 is 4.74 Å². The van der Waals surface area contributed by atoms with E-state index in [-0.39, 0.29) is 17.6 Å². The fourth-order valence-electron chi connectivity index (χ4n) is 3.21. The Bertz CT molecular complexity index is 1210. The van der Waals surface area contributed by atoms with Crippen LogP contribution in [0.2, 0.25) is 10.0 Å². The van der Waals surface area contributed by atoms with Crippen LogP contribution in [0.4, 0.5) is 0 Å². The van der Waals surface area contributed by atoms with Crippen molar-refractivity contribution >= 4 is 51.7 Å². The van der Waals surface area contributed by atoms with Gasteiger partial charge in [-0.1, -0.05) is 53.5 Å². The van der Waals surface area contributed by atoms with E-state index >= 15 is 0 Å². The summed E-state index contributed by atoms with van der Waals surface area (Å²) in [6, 6.07) is 16.0. The minimum absolute atomic E-state index is 0.142. The Labute approximate surface area is 182 Å². The Balaban J connectivity index is 1.81. The Morgan fingerprint density at radius 2 is 1.73 bits per heavy atom. The zero-order valence-corrected chi connectivity index (χ0v) is 17.6. The van der Waals surface area contributed by atoms with Crippen molar-refractivity contribution < 1.29 is 19.1 Å². The molecule has 1 amide bonds. The summed E-state index contributed by atoms with van der Waals surface area (Å²) >= 11 is 12.3. The van der Waals surface area contributed by atoms with Crippen molar-refractivity contribution in [1.82, 2.24) is 5.01 Å². The Kier molecular flexibility index (Phi) is 5.37. The number of halogens is 2. The predicted octanol–water partition coefficient (Wildman–Crippen LogP) is 5.31. The summed E-state index contributed by atoms with van der Waals surface area (Å²) in [7, 11) is 0. The molecular formula is C22H16Cl2N2O4. The maximum absolute atomic E-state index is 12.2. The third-order valence-corrected chi connectivity index (χ3v) is 5.09. The summed E-state index contributed by atoms with van der Waals surface area (Å²) in [6.45, 7) is 2.69. The van der Waals surface area contributed by atoms with Crippen LogP contribution in [0.25, 0.3) is 10.8 Å². The largest absolute Gasteiger partial charge is 0.446 e. The number of amides is 1. The van der Waals surface area contributed by atoms with Gasteiger partial charge in [-0.25, -0.2) is 0 Å². The second-order valence-electron chi connectivity index (χ2n) is 6.69. The SMILES string of the molecule is CC(=O)Oc1cc2ccccc2cc1C1=NN(C(C)=O)[C@@H](c2ccc(Cl)cc2Cl)O1. The maximum atomic E-state index is 12.2. The van der Waals surface area contributed by atoms with E-state index in [0.29, 0.717) is 21.2 Å². The number of hydrogen-bond acceptors (Lipinski definition) is 5. The van der Waals surface area contributed by atoms with E-state index in [1.54, 1.807) is 30.3 Å². The summed E-state index contributed by atoms with van der Waals surface area (Å²) in [6.07, 6.45) is -0.876. The quantitative estimate of drug-likeness (QED) is 0.407. The van der Waals surface area contributed by atoms with Crippen LogP contribution in [0.3, 0.4) is 0 Å². The highest BCUT2D eigenvalue weighted by atomic mass is 35.5. The zero-order valence-electron chi connectivity index (χ0n) is 16.1. The van der Waals surface area contributed by atoms with Gasteiger partial charge in [0.05, 0.1) is 10.6 Å². The number of carbonyl (C=O) groups is 2. The molecular weight excluding hydrogens is 427 g/mol. The third-order valence-electron chi connectivity index (χ3n) is 4.53. The number of ether oxygens (including phenoxy) is 2. The van der Waals surface area contributed by atoms with Gasteiger partial charge < -0.3 is 9.47 Å². The molecule has 8 heteroatoms. The van der Waals surface area contributed by atoms with Gasteiger partial charge in [0.15, 0.2) is 0 Å². The van der Waals surface area contributed by atoms with Crippen LogP contribution >= 0.6 is 23.2 Å². The minimum Gasteiger partial charge on any atom is -0.446 e. The molecule has 0 radical (unpaired) electrons. The molecule has 30 heavy (non-hydrogen) atoms. The molecule has 4 rings (SSSR count). The lowest BCUT2D eigenvalue weighted by atomic mass is 10.1. The summed E-state index contributed by atoms with van der Waals surface area (Å²) in [5.74, 6) is -0.392. The highest BCUT2D eigenvalue weighted by Gasteiger charge is 2.35. The number of nitrogens with zero attached hydrogens (tertiary/aromatic N) is 2. The average molecular weight is 443 g/mol. The molecule has 6 nitrogen and oxygen atoms in total. The van der Waals surface area contributed by atoms with E-state index in [9.17, 15) is 9.59 Å². The molecule has 1 aliphatic rings. The van der Waals surface area contributed by atoms with Gasteiger partial charge in [-0.05, 0) is 35.0 Å². The molecule has 1 atom stereocenters. The molecule has 0 N–H and O–H groups in total. The van der Waals surface area contributed by atoms with E-state index in [0.717, 1.165) is 10.8 Å². The molecule has 0 spiro atoms. The highest BCUT2D eigenvalue weighted by molar-refractivity contribution is 6.35. The van der Waals surface area contributed by atoms with Crippen LogP contribution in [0, 0.1) is 0 Å². The van der Waals surface area contributed by atoms with Crippen molar-refractivity contribution in [1.29, 1.82) is 0 Å². The van der Waals surface area contributed by atoms with E-state index in [2.05, 4.69) is 5.10 Å². The van der Waals surface area contributed by atoms with Gasteiger partial charge in [0.1, 0.15) is 5.75 Å². The summed E-state index contributed by atoms with van der Waals surface area (Å²) in [5.41, 5.74) is 0.979. The topological polar surface area (TPSA) is 68.2 Å². The lowest BCUT2D eigenvalue weighted by Crippen LogP contribution is -2.25. The number of hydrogen-bond donors (Lipinski definition) is 0. The molecule has 0 aromatic heterocycles. The first kappa shape index (κ1) is 20.2. The van der Waals surface area contributed by atoms with Crippen LogP contribution in [0.5, 0.6) is 5.75 Å². The normalized spacial score (nSPS) is 15.7. The van der Waals surface area contributed by atoms with Gasteiger partial charge >= 0.3 is 5.97 Å². The van der Waals surface area contributed by atoms with Crippen molar-refractivity contribution in [3.8, 4) is 5.75 Å². The number of hydrazone groups is 1. The van der Waals surface area contributed by atoms with Crippen LogP contribution in [-0.2, 0) is 14.3 Å². The number of esters is 1.